The molecule has 0 N–H and O–H groups in total. The van der Waals surface area contributed by atoms with Gasteiger partial charge in [0.2, 0.25) is 5.91 Å². The quantitative estimate of drug-likeness (QED) is 0.566. The number of benzene rings is 2. The number of fused-ring (bicyclic) bond motifs is 1. The predicted molar refractivity (Wildman–Crippen MR) is 115 cm³/mol. The molecular formula is C23H26ClN3O. The minimum absolute atomic E-state index is 0.0884. The Balaban J connectivity index is 1.70. The van der Waals surface area contributed by atoms with Crippen LogP contribution in [0.15, 0.2) is 42.5 Å². The lowest BCUT2D eigenvalue weighted by molar-refractivity contribution is -0.117. The van der Waals surface area contributed by atoms with E-state index >= 15 is 0 Å². The third-order valence-electron chi connectivity index (χ3n) is 5.63. The Morgan fingerprint density at radius 3 is 2.75 bits per heavy atom. The Morgan fingerprint density at radius 2 is 1.96 bits per heavy atom. The summed E-state index contributed by atoms with van der Waals surface area (Å²) in [5, 5.41) is 0.693. The van der Waals surface area contributed by atoms with Gasteiger partial charge in [-0.05, 0) is 49.1 Å². The van der Waals surface area contributed by atoms with Crippen LogP contribution in [0.2, 0.25) is 5.02 Å². The van der Waals surface area contributed by atoms with Crippen LogP contribution in [-0.4, -0.2) is 22.0 Å². The molecule has 1 saturated heterocycles. The zero-order chi connectivity index (χ0) is 19.8. The number of amides is 1. The number of imidazole rings is 1. The maximum Gasteiger partial charge on any atom is 0.227 e. The van der Waals surface area contributed by atoms with Crippen molar-refractivity contribution >= 4 is 34.2 Å². The van der Waals surface area contributed by atoms with Crippen molar-refractivity contribution in [1.82, 2.24) is 9.55 Å². The Labute approximate surface area is 171 Å². The van der Waals surface area contributed by atoms with Gasteiger partial charge in [0.1, 0.15) is 5.82 Å². The molecule has 1 atom stereocenters. The van der Waals surface area contributed by atoms with Crippen molar-refractivity contribution in [1.29, 1.82) is 0 Å². The molecule has 4 rings (SSSR count). The van der Waals surface area contributed by atoms with Gasteiger partial charge in [-0.3, -0.25) is 4.79 Å². The summed E-state index contributed by atoms with van der Waals surface area (Å²) in [6, 6.07) is 14.0. The topological polar surface area (TPSA) is 38.1 Å². The third-order valence-corrected chi connectivity index (χ3v) is 6.04. The number of carbonyl (C=O) groups excluding carboxylic acids is 1. The highest BCUT2D eigenvalue weighted by Crippen LogP contribution is 2.36. The first kappa shape index (κ1) is 19.0. The fraction of sp³-hybridized carbons (Fsp3) is 0.391. The number of aromatic nitrogens is 2. The molecule has 0 spiro atoms. The van der Waals surface area contributed by atoms with E-state index in [-0.39, 0.29) is 11.8 Å². The van der Waals surface area contributed by atoms with Gasteiger partial charge in [-0.15, -0.1) is 0 Å². The SMILES string of the molecule is Cc1c(Cl)cccc1N1C[C@@H](c2nc3ccccc3n2CCC(C)C)CC1=O. The van der Waals surface area contributed by atoms with E-state index in [0.29, 0.717) is 23.9 Å². The van der Waals surface area contributed by atoms with Crippen LogP contribution in [-0.2, 0) is 11.3 Å². The zero-order valence-corrected chi connectivity index (χ0v) is 17.4. The lowest BCUT2D eigenvalue weighted by atomic mass is 10.1. The molecule has 0 saturated carbocycles. The summed E-state index contributed by atoms with van der Waals surface area (Å²) in [6.45, 7) is 8.01. The highest BCUT2D eigenvalue weighted by atomic mass is 35.5. The van der Waals surface area contributed by atoms with Crippen LogP contribution in [0.25, 0.3) is 11.0 Å². The highest BCUT2D eigenvalue weighted by Gasteiger charge is 2.35. The number of aryl methyl sites for hydroxylation is 1. The average molecular weight is 396 g/mol. The van der Waals surface area contributed by atoms with Crippen molar-refractivity contribution in [2.24, 2.45) is 5.92 Å². The van der Waals surface area contributed by atoms with Crippen molar-refractivity contribution in [3.8, 4) is 0 Å². The average Bonchev–Trinajstić information content (AvgIpc) is 3.22. The van der Waals surface area contributed by atoms with Gasteiger partial charge in [0, 0.05) is 36.1 Å². The van der Waals surface area contributed by atoms with E-state index in [4.69, 9.17) is 16.6 Å². The Morgan fingerprint density at radius 1 is 1.18 bits per heavy atom. The van der Waals surface area contributed by atoms with Gasteiger partial charge in [0.05, 0.1) is 11.0 Å². The van der Waals surface area contributed by atoms with Crippen LogP contribution in [0.1, 0.15) is 44.0 Å². The first-order chi connectivity index (χ1) is 13.5. The number of rotatable bonds is 5. The first-order valence-electron chi connectivity index (χ1n) is 9.96. The molecule has 2 heterocycles. The molecule has 1 aliphatic rings. The van der Waals surface area contributed by atoms with Crippen LogP contribution in [0.4, 0.5) is 5.69 Å². The molecule has 4 nitrogen and oxygen atoms in total. The Kier molecular flexibility index (Phi) is 5.15. The second kappa shape index (κ2) is 7.59. The normalized spacial score (nSPS) is 17.2. The van der Waals surface area contributed by atoms with E-state index in [0.717, 1.165) is 41.1 Å². The molecule has 3 aromatic rings. The van der Waals surface area contributed by atoms with Gasteiger partial charge in [-0.25, -0.2) is 4.98 Å². The number of halogens is 1. The smallest absolute Gasteiger partial charge is 0.227 e. The van der Waals surface area contributed by atoms with Crippen molar-refractivity contribution in [2.45, 2.75) is 46.1 Å². The fourth-order valence-electron chi connectivity index (χ4n) is 4.03. The van der Waals surface area contributed by atoms with Gasteiger partial charge < -0.3 is 9.47 Å². The summed E-state index contributed by atoms with van der Waals surface area (Å²) in [4.78, 5) is 19.7. The van der Waals surface area contributed by atoms with Crippen LogP contribution >= 0.6 is 11.6 Å². The molecule has 5 heteroatoms. The van der Waals surface area contributed by atoms with Crippen molar-refractivity contribution < 1.29 is 4.79 Å². The molecular weight excluding hydrogens is 370 g/mol. The number of nitrogens with zero attached hydrogens (tertiary/aromatic N) is 3. The molecule has 1 aliphatic heterocycles. The van der Waals surface area contributed by atoms with Crippen molar-refractivity contribution in [3.63, 3.8) is 0 Å². The summed E-state index contributed by atoms with van der Waals surface area (Å²) in [5.41, 5.74) is 4.02. The van der Waals surface area contributed by atoms with Crippen LogP contribution in [0.3, 0.4) is 0 Å². The largest absolute Gasteiger partial charge is 0.328 e. The van der Waals surface area contributed by atoms with E-state index in [1.807, 2.05) is 36.1 Å². The van der Waals surface area contributed by atoms with Gasteiger partial charge in [-0.1, -0.05) is 43.6 Å². The molecule has 0 radical (unpaired) electrons. The minimum atomic E-state index is 0.0884. The Hall–Kier alpha value is -2.33. The minimum Gasteiger partial charge on any atom is -0.328 e. The van der Waals surface area contributed by atoms with Gasteiger partial charge >= 0.3 is 0 Å². The maximum absolute atomic E-state index is 12.9. The number of carbonyl (C=O) groups is 1. The predicted octanol–water partition coefficient (Wildman–Crippen LogP) is 5.56. The van der Waals surface area contributed by atoms with E-state index in [9.17, 15) is 4.79 Å². The molecule has 1 aromatic heterocycles. The van der Waals surface area contributed by atoms with Gasteiger partial charge in [-0.2, -0.15) is 0 Å². The highest BCUT2D eigenvalue weighted by molar-refractivity contribution is 6.31. The van der Waals surface area contributed by atoms with Crippen LogP contribution in [0.5, 0.6) is 0 Å². The Bertz CT molecular complexity index is 1020. The number of para-hydroxylation sites is 2. The monoisotopic (exact) mass is 395 g/mol. The third kappa shape index (κ3) is 3.42. The summed E-state index contributed by atoms with van der Waals surface area (Å²) in [5.74, 6) is 1.87. The molecule has 0 aliphatic carbocycles. The summed E-state index contributed by atoms with van der Waals surface area (Å²) in [7, 11) is 0. The van der Waals surface area contributed by atoms with Crippen molar-refractivity contribution in [2.75, 3.05) is 11.4 Å². The molecule has 28 heavy (non-hydrogen) atoms. The second-order valence-corrected chi connectivity index (χ2v) is 8.49. The molecule has 0 unspecified atom stereocenters. The number of hydrogen-bond acceptors (Lipinski definition) is 2. The molecule has 2 aromatic carbocycles. The summed E-state index contributed by atoms with van der Waals surface area (Å²) >= 11 is 6.29. The summed E-state index contributed by atoms with van der Waals surface area (Å²) < 4.78 is 2.32. The van der Waals surface area contributed by atoms with E-state index < -0.39 is 0 Å². The van der Waals surface area contributed by atoms with Crippen molar-refractivity contribution in [3.05, 3.63) is 58.9 Å². The first-order valence-corrected chi connectivity index (χ1v) is 10.3. The maximum atomic E-state index is 12.9. The van der Waals surface area contributed by atoms with Crippen LogP contribution in [0, 0.1) is 12.8 Å². The molecule has 146 valence electrons. The lowest BCUT2D eigenvalue weighted by Gasteiger charge is -2.20. The fourth-order valence-corrected chi connectivity index (χ4v) is 4.20. The van der Waals surface area contributed by atoms with E-state index in [1.54, 1.807) is 0 Å². The van der Waals surface area contributed by atoms with Crippen LogP contribution < -0.4 is 4.90 Å². The number of anilines is 1. The second-order valence-electron chi connectivity index (χ2n) is 8.08. The molecule has 0 bridgehead atoms. The number of hydrogen-bond donors (Lipinski definition) is 0. The van der Waals surface area contributed by atoms with Gasteiger partial charge in [0.15, 0.2) is 0 Å². The molecule has 1 amide bonds. The molecule has 1 fully saturated rings. The standard InChI is InChI=1S/C23H26ClN3O/c1-15(2)11-12-26-21-9-5-4-8-19(21)25-23(26)17-13-22(28)27(14-17)20-10-6-7-18(24)16(20)3/h4-10,15,17H,11-14H2,1-3H3/t17-/m0/s1. The van der Waals surface area contributed by atoms with E-state index in [2.05, 4.69) is 36.6 Å². The van der Waals surface area contributed by atoms with E-state index in [1.165, 1.54) is 0 Å². The lowest BCUT2D eigenvalue weighted by Crippen LogP contribution is -2.25. The summed E-state index contributed by atoms with van der Waals surface area (Å²) in [6.07, 6.45) is 1.57. The zero-order valence-electron chi connectivity index (χ0n) is 16.7. The van der Waals surface area contributed by atoms with Gasteiger partial charge in [0.25, 0.3) is 0 Å².